The Labute approximate surface area is 228 Å². The molecule has 5 aromatic rings. The zero-order chi connectivity index (χ0) is 27.4. The van der Waals surface area contributed by atoms with E-state index < -0.39 is 0 Å². The number of fused-ring (bicyclic) bond motifs is 1. The lowest BCUT2D eigenvalue weighted by Gasteiger charge is -2.21. The van der Waals surface area contributed by atoms with E-state index in [9.17, 15) is 0 Å². The SMILES string of the molecule is COCCN(C)c1ccc(-c2nc3ncnc(N)c3c(-c3ccccc3)c2-c2ccc(OC)c(OC)c2)cc1. The van der Waals surface area contributed by atoms with E-state index in [2.05, 4.69) is 51.3 Å². The van der Waals surface area contributed by atoms with Crippen molar-refractivity contribution in [2.75, 3.05) is 52.2 Å². The predicted octanol–water partition coefficient (Wildman–Crippen LogP) is 5.71. The Morgan fingerprint density at radius 2 is 1.49 bits per heavy atom. The van der Waals surface area contributed by atoms with Gasteiger partial charge in [0.15, 0.2) is 17.1 Å². The standard InChI is InChI=1S/C31H31N5O3/c1-36(16-17-37-2)23-13-10-21(11-14-23)29-27(22-12-15-24(38-3)25(18-22)39-4)26(20-8-6-5-7-9-20)28-30(32)33-19-34-31(28)35-29/h5-15,18-19H,16-17H2,1-4H3,(H2,32,33,34,35). The molecule has 39 heavy (non-hydrogen) atoms. The Hall–Kier alpha value is -4.69. The number of hydrogen-bond acceptors (Lipinski definition) is 8. The summed E-state index contributed by atoms with van der Waals surface area (Å²) in [6.45, 7) is 1.44. The largest absolute Gasteiger partial charge is 0.493 e. The Morgan fingerprint density at radius 3 is 2.18 bits per heavy atom. The van der Waals surface area contributed by atoms with Gasteiger partial charge in [-0.2, -0.15) is 0 Å². The number of ether oxygens (including phenoxy) is 3. The number of methoxy groups -OCH3 is 3. The van der Waals surface area contributed by atoms with Crippen LogP contribution in [0.4, 0.5) is 11.5 Å². The van der Waals surface area contributed by atoms with Crippen molar-refractivity contribution in [1.29, 1.82) is 0 Å². The van der Waals surface area contributed by atoms with Gasteiger partial charge in [0.1, 0.15) is 12.1 Å². The number of benzene rings is 3. The molecule has 2 heterocycles. The Kier molecular flexibility index (Phi) is 7.56. The fraction of sp³-hybridized carbons (Fsp3) is 0.194. The summed E-state index contributed by atoms with van der Waals surface area (Å²) >= 11 is 0. The van der Waals surface area contributed by atoms with Crippen LogP contribution in [0.1, 0.15) is 0 Å². The summed E-state index contributed by atoms with van der Waals surface area (Å²) in [6.07, 6.45) is 1.45. The van der Waals surface area contributed by atoms with Crippen molar-refractivity contribution in [3.8, 4) is 45.0 Å². The van der Waals surface area contributed by atoms with Crippen molar-refractivity contribution in [3.63, 3.8) is 0 Å². The smallest absolute Gasteiger partial charge is 0.165 e. The van der Waals surface area contributed by atoms with Crippen LogP contribution in [-0.2, 0) is 4.74 Å². The molecule has 0 aliphatic rings. The maximum Gasteiger partial charge on any atom is 0.165 e. The molecule has 0 atom stereocenters. The second kappa shape index (κ2) is 11.4. The first kappa shape index (κ1) is 25.9. The van der Waals surface area contributed by atoms with Gasteiger partial charge >= 0.3 is 0 Å². The van der Waals surface area contributed by atoms with Crippen LogP contribution in [-0.4, -0.2) is 56.5 Å². The number of nitrogen functional groups attached to an aromatic ring is 1. The van der Waals surface area contributed by atoms with Gasteiger partial charge < -0.3 is 24.8 Å². The van der Waals surface area contributed by atoms with E-state index >= 15 is 0 Å². The fourth-order valence-corrected chi connectivity index (χ4v) is 4.73. The third-order valence-corrected chi connectivity index (χ3v) is 6.76. The lowest BCUT2D eigenvalue weighted by Crippen LogP contribution is -2.21. The Morgan fingerprint density at radius 1 is 0.769 bits per heavy atom. The number of hydrogen-bond donors (Lipinski definition) is 1. The molecule has 0 saturated carbocycles. The van der Waals surface area contributed by atoms with E-state index in [4.69, 9.17) is 24.9 Å². The van der Waals surface area contributed by atoms with Crippen LogP contribution >= 0.6 is 0 Å². The Balaban J connectivity index is 1.82. The number of rotatable bonds is 9. The summed E-state index contributed by atoms with van der Waals surface area (Å²) in [5.74, 6) is 1.63. The first-order valence-corrected chi connectivity index (χ1v) is 12.6. The highest BCUT2D eigenvalue weighted by Crippen LogP contribution is 2.45. The minimum Gasteiger partial charge on any atom is -0.493 e. The van der Waals surface area contributed by atoms with Gasteiger partial charge in [0.05, 0.1) is 31.9 Å². The molecule has 3 aromatic carbocycles. The zero-order valence-electron chi connectivity index (χ0n) is 22.5. The molecule has 0 aliphatic heterocycles. The number of anilines is 2. The van der Waals surface area contributed by atoms with Crippen LogP contribution in [0.25, 0.3) is 44.5 Å². The average molecular weight is 522 g/mol. The minimum atomic E-state index is 0.370. The minimum absolute atomic E-state index is 0.370. The van der Waals surface area contributed by atoms with Crippen LogP contribution in [0.3, 0.4) is 0 Å². The number of aromatic nitrogens is 3. The highest BCUT2D eigenvalue weighted by atomic mass is 16.5. The third kappa shape index (κ3) is 5.06. The van der Waals surface area contributed by atoms with Crippen molar-refractivity contribution in [2.45, 2.75) is 0 Å². The lowest BCUT2D eigenvalue weighted by molar-refractivity contribution is 0.206. The lowest BCUT2D eigenvalue weighted by atomic mass is 9.88. The van der Waals surface area contributed by atoms with Crippen LogP contribution in [0, 0.1) is 0 Å². The fourth-order valence-electron chi connectivity index (χ4n) is 4.73. The topological polar surface area (TPSA) is 95.6 Å². The van der Waals surface area contributed by atoms with Gasteiger partial charge in [-0.05, 0) is 35.4 Å². The van der Waals surface area contributed by atoms with E-state index in [1.165, 1.54) is 6.33 Å². The molecule has 0 spiro atoms. The van der Waals surface area contributed by atoms with Crippen LogP contribution < -0.4 is 20.1 Å². The molecular weight excluding hydrogens is 490 g/mol. The average Bonchev–Trinajstić information content (AvgIpc) is 2.99. The van der Waals surface area contributed by atoms with E-state index in [0.29, 0.717) is 35.0 Å². The van der Waals surface area contributed by atoms with Crippen molar-refractivity contribution < 1.29 is 14.2 Å². The second-order valence-electron chi connectivity index (χ2n) is 9.06. The number of nitrogens with zero attached hydrogens (tertiary/aromatic N) is 4. The number of likely N-dealkylation sites (N-methyl/N-ethyl adjacent to an activating group) is 1. The van der Waals surface area contributed by atoms with Gasteiger partial charge in [-0.25, -0.2) is 15.0 Å². The maximum absolute atomic E-state index is 6.47. The molecule has 0 fully saturated rings. The van der Waals surface area contributed by atoms with Gasteiger partial charge in [-0.15, -0.1) is 0 Å². The van der Waals surface area contributed by atoms with E-state index in [-0.39, 0.29) is 0 Å². The van der Waals surface area contributed by atoms with E-state index in [0.717, 1.165) is 45.7 Å². The maximum atomic E-state index is 6.47. The van der Waals surface area contributed by atoms with Crippen molar-refractivity contribution in [2.24, 2.45) is 0 Å². The molecular formula is C31H31N5O3. The summed E-state index contributed by atoms with van der Waals surface area (Å²) in [5, 5.41) is 0.702. The predicted molar refractivity (Wildman–Crippen MR) is 156 cm³/mol. The molecule has 2 aromatic heterocycles. The summed E-state index contributed by atoms with van der Waals surface area (Å²) in [5.41, 5.74) is 13.5. The first-order chi connectivity index (χ1) is 19.0. The van der Waals surface area contributed by atoms with Crippen LogP contribution in [0.15, 0.2) is 79.1 Å². The zero-order valence-corrected chi connectivity index (χ0v) is 22.5. The highest BCUT2D eigenvalue weighted by Gasteiger charge is 2.23. The molecule has 0 radical (unpaired) electrons. The number of nitrogens with two attached hydrogens (primary N) is 1. The molecule has 0 amide bonds. The summed E-state index contributed by atoms with van der Waals surface area (Å²) in [6, 6.07) is 24.3. The van der Waals surface area contributed by atoms with Crippen LogP contribution in [0.5, 0.6) is 11.5 Å². The van der Waals surface area contributed by atoms with Gasteiger partial charge in [-0.3, -0.25) is 0 Å². The first-order valence-electron chi connectivity index (χ1n) is 12.6. The van der Waals surface area contributed by atoms with Gasteiger partial charge in [0.2, 0.25) is 0 Å². The molecule has 2 N–H and O–H groups in total. The number of pyridine rings is 1. The Bertz CT molecular complexity index is 1590. The molecule has 0 aliphatic carbocycles. The molecule has 5 rings (SSSR count). The molecule has 0 unspecified atom stereocenters. The third-order valence-electron chi connectivity index (χ3n) is 6.76. The highest BCUT2D eigenvalue weighted by molar-refractivity contribution is 6.09. The quantitative estimate of drug-likeness (QED) is 0.264. The van der Waals surface area contributed by atoms with Gasteiger partial charge in [-0.1, -0.05) is 48.5 Å². The molecule has 0 bridgehead atoms. The van der Waals surface area contributed by atoms with Crippen molar-refractivity contribution >= 4 is 22.5 Å². The van der Waals surface area contributed by atoms with E-state index in [1.54, 1.807) is 21.3 Å². The second-order valence-corrected chi connectivity index (χ2v) is 9.06. The van der Waals surface area contributed by atoms with Gasteiger partial charge in [0.25, 0.3) is 0 Å². The molecule has 8 heteroatoms. The summed E-state index contributed by atoms with van der Waals surface area (Å²) < 4.78 is 16.4. The molecule has 0 saturated heterocycles. The summed E-state index contributed by atoms with van der Waals surface area (Å²) in [7, 11) is 7.01. The van der Waals surface area contributed by atoms with Crippen molar-refractivity contribution in [1.82, 2.24) is 15.0 Å². The van der Waals surface area contributed by atoms with Gasteiger partial charge in [0, 0.05) is 43.1 Å². The summed E-state index contributed by atoms with van der Waals surface area (Å²) in [4.78, 5) is 16.0. The monoisotopic (exact) mass is 521 g/mol. The van der Waals surface area contributed by atoms with Crippen LogP contribution in [0.2, 0.25) is 0 Å². The van der Waals surface area contributed by atoms with E-state index in [1.807, 2.05) is 43.4 Å². The molecule has 198 valence electrons. The van der Waals surface area contributed by atoms with Crippen molar-refractivity contribution in [3.05, 3.63) is 79.1 Å². The molecule has 8 nitrogen and oxygen atoms in total. The normalized spacial score (nSPS) is 11.0.